The molecule has 5 heterocycles. The lowest BCUT2D eigenvalue weighted by molar-refractivity contribution is -0.128. The van der Waals surface area contributed by atoms with Crippen molar-refractivity contribution in [2.24, 2.45) is 0 Å². The van der Waals surface area contributed by atoms with Crippen molar-refractivity contribution < 1.29 is 37.4 Å². The number of nitrogens with zero attached hydrogens (tertiary/aromatic N) is 2. The van der Waals surface area contributed by atoms with Gasteiger partial charge in [-0.25, -0.2) is 0 Å². The largest absolute Gasteiger partial charge is 0.467 e. The molecule has 6 rings (SSSR count). The van der Waals surface area contributed by atoms with E-state index in [1.54, 1.807) is 47.4 Å². The number of nitrogens with one attached hydrogen (secondary N) is 1. The summed E-state index contributed by atoms with van der Waals surface area (Å²) in [6.07, 6.45) is 3.63. The van der Waals surface area contributed by atoms with E-state index in [1.165, 1.54) is 17.4 Å². The van der Waals surface area contributed by atoms with Crippen LogP contribution in [0, 0.1) is 0 Å². The standard InChI is InChI=1S/C26H25N3O8/c30-23(27-14-18-3-1-11-33-18)19-15-37-26(29(19)25(32)21-4-2-12-34-21)7-9-28(10-8-26)24(31)17-5-6-20-22(13-17)36-16-35-20/h1-6,11-13,19H,7-10,14-16H2,(H,27,30). The van der Waals surface area contributed by atoms with Crippen molar-refractivity contribution in [2.45, 2.75) is 31.2 Å². The topological polar surface area (TPSA) is 124 Å². The van der Waals surface area contributed by atoms with Crippen LogP contribution in [0.15, 0.2) is 63.8 Å². The van der Waals surface area contributed by atoms with Gasteiger partial charge in [0.1, 0.15) is 17.5 Å². The normalized spacial score (nSPS) is 19.8. The van der Waals surface area contributed by atoms with Crippen LogP contribution in [-0.2, 0) is 16.1 Å². The number of carbonyl (C=O) groups is 3. The molecule has 3 aliphatic rings. The maximum atomic E-state index is 13.5. The first kappa shape index (κ1) is 23.2. The minimum atomic E-state index is -1.04. The average molecular weight is 507 g/mol. The first-order valence-corrected chi connectivity index (χ1v) is 12.0. The molecule has 1 atom stereocenters. The van der Waals surface area contributed by atoms with Crippen molar-refractivity contribution in [3.05, 3.63) is 72.1 Å². The molecule has 37 heavy (non-hydrogen) atoms. The minimum Gasteiger partial charge on any atom is -0.467 e. The van der Waals surface area contributed by atoms with Crippen LogP contribution in [0.1, 0.15) is 39.5 Å². The van der Waals surface area contributed by atoms with Crippen LogP contribution in [0.2, 0.25) is 0 Å². The summed E-state index contributed by atoms with van der Waals surface area (Å²) in [7, 11) is 0. The zero-order chi connectivity index (χ0) is 25.4. The second-order valence-corrected chi connectivity index (χ2v) is 9.08. The van der Waals surface area contributed by atoms with Gasteiger partial charge in [-0.1, -0.05) is 0 Å². The van der Waals surface area contributed by atoms with Crippen molar-refractivity contribution in [2.75, 3.05) is 26.5 Å². The number of furan rings is 2. The maximum Gasteiger partial charge on any atom is 0.292 e. The van der Waals surface area contributed by atoms with Crippen molar-refractivity contribution in [1.29, 1.82) is 0 Å². The fraction of sp³-hybridized carbons (Fsp3) is 0.346. The molecule has 11 heteroatoms. The molecule has 192 valence electrons. The second-order valence-electron chi connectivity index (χ2n) is 9.08. The maximum absolute atomic E-state index is 13.5. The zero-order valence-corrected chi connectivity index (χ0v) is 19.9. The fourth-order valence-electron chi connectivity index (χ4n) is 5.06. The molecule has 2 saturated heterocycles. The number of piperidine rings is 1. The van der Waals surface area contributed by atoms with Crippen LogP contribution in [0.4, 0.5) is 0 Å². The number of likely N-dealkylation sites (tertiary alicyclic amines) is 1. The molecule has 0 aliphatic carbocycles. The summed E-state index contributed by atoms with van der Waals surface area (Å²) in [6.45, 7) is 1.04. The highest BCUT2D eigenvalue weighted by Crippen LogP contribution is 2.39. The molecule has 11 nitrogen and oxygen atoms in total. The highest BCUT2D eigenvalue weighted by atomic mass is 16.7. The molecule has 3 amide bonds. The van der Waals surface area contributed by atoms with Gasteiger partial charge in [-0.3, -0.25) is 19.3 Å². The summed E-state index contributed by atoms with van der Waals surface area (Å²) in [5.41, 5.74) is -0.548. The van der Waals surface area contributed by atoms with Gasteiger partial charge in [-0.2, -0.15) is 0 Å². The molecule has 0 bridgehead atoms. The van der Waals surface area contributed by atoms with E-state index < -0.39 is 17.7 Å². The predicted molar refractivity (Wildman–Crippen MR) is 126 cm³/mol. The van der Waals surface area contributed by atoms with Crippen LogP contribution < -0.4 is 14.8 Å². The second kappa shape index (κ2) is 9.32. The van der Waals surface area contributed by atoms with Gasteiger partial charge in [0.25, 0.3) is 11.8 Å². The number of ether oxygens (including phenoxy) is 3. The van der Waals surface area contributed by atoms with Gasteiger partial charge in [0.05, 0.1) is 25.7 Å². The molecule has 1 unspecified atom stereocenters. The van der Waals surface area contributed by atoms with E-state index in [1.807, 2.05) is 0 Å². The molecule has 2 aromatic heterocycles. The van der Waals surface area contributed by atoms with Crippen molar-refractivity contribution in [3.8, 4) is 11.5 Å². The highest BCUT2D eigenvalue weighted by molar-refractivity contribution is 5.97. The smallest absolute Gasteiger partial charge is 0.292 e. The number of fused-ring (bicyclic) bond motifs is 1. The summed E-state index contributed by atoms with van der Waals surface area (Å²) in [5, 5.41) is 2.82. The summed E-state index contributed by atoms with van der Waals surface area (Å²) < 4.78 is 27.6. The van der Waals surface area contributed by atoms with Crippen molar-refractivity contribution in [1.82, 2.24) is 15.1 Å². The van der Waals surface area contributed by atoms with E-state index in [-0.39, 0.29) is 37.5 Å². The van der Waals surface area contributed by atoms with Gasteiger partial charge in [-0.15, -0.1) is 0 Å². The first-order valence-electron chi connectivity index (χ1n) is 12.0. The third-order valence-corrected chi connectivity index (χ3v) is 6.98. The van der Waals surface area contributed by atoms with E-state index >= 15 is 0 Å². The number of benzene rings is 1. The van der Waals surface area contributed by atoms with Crippen LogP contribution in [0.25, 0.3) is 0 Å². The van der Waals surface area contributed by atoms with Gasteiger partial charge in [0, 0.05) is 31.5 Å². The van der Waals surface area contributed by atoms with E-state index in [9.17, 15) is 14.4 Å². The Hall–Kier alpha value is -4.25. The molecular weight excluding hydrogens is 482 g/mol. The van der Waals surface area contributed by atoms with Gasteiger partial charge in [-0.05, 0) is 42.5 Å². The predicted octanol–water partition coefficient (Wildman–Crippen LogP) is 2.39. The molecule has 3 aliphatic heterocycles. The number of hydrogen-bond acceptors (Lipinski definition) is 8. The van der Waals surface area contributed by atoms with Gasteiger partial charge < -0.3 is 33.3 Å². The molecule has 1 spiro atoms. The Bertz CT molecular complexity index is 1300. The summed E-state index contributed by atoms with van der Waals surface area (Å²) in [6, 6.07) is 10.9. The molecular formula is C26H25N3O8. The van der Waals surface area contributed by atoms with Crippen LogP contribution >= 0.6 is 0 Å². The lowest BCUT2D eigenvalue weighted by atomic mass is 9.96. The highest BCUT2D eigenvalue weighted by Gasteiger charge is 2.54. The molecule has 3 aromatic rings. The van der Waals surface area contributed by atoms with E-state index in [0.29, 0.717) is 48.8 Å². The molecule has 0 saturated carbocycles. The number of amides is 3. The lowest BCUT2D eigenvalue weighted by Gasteiger charge is -2.44. The molecule has 1 N–H and O–H groups in total. The molecule has 1 aromatic carbocycles. The fourth-order valence-corrected chi connectivity index (χ4v) is 5.06. The Morgan fingerprint density at radius 1 is 0.946 bits per heavy atom. The van der Waals surface area contributed by atoms with E-state index in [4.69, 9.17) is 23.0 Å². The van der Waals surface area contributed by atoms with E-state index in [2.05, 4.69) is 5.32 Å². The quantitative estimate of drug-likeness (QED) is 0.559. The Balaban J connectivity index is 1.19. The third-order valence-electron chi connectivity index (χ3n) is 6.98. The van der Waals surface area contributed by atoms with Gasteiger partial charge >= 0.3 is 0 Å². The Kier molecular flexibility index (Phi) is 5.84. The summed E-state index contributed by atoms with van der Waals surface area (Å²) in [4.78, 5) is 43.1. The third kappa shape index (κ3) is 4.20. The average Bonchev–Trinajstić information content (AvgIpc) is 3.74. The number of carbonyl (C=O) groups excluding carboxylic acids is 3. The van der Waals surface area contributed by atoms with Crippen LogP contribution in [-0.4, -0.2) is 65.8 Å². The summed E-state index contributed by atoms with van der Waals surface area (Å²) in [5.74, 6) is 0.925. The number of hydrogen-bond donors (Lipinski definition) is 1. The molecule has 0 radical (unpaired) electrons. The minimum absolute atomic E-state index is 0.0343. The number of rotatable bonds is 5. The van der Waals surface area contributed by atoms with Gasteiger partial charge in [0.15, 0.2) is 17.3 Å². The SMILES string of the molecule is O=C(NCc1ccco1)C1COC2(CCN(C(=O)c3ccc4c(c3)OCO4)CC2)N1C(=O)c1ccco1. The summed E-state index contributed by atoms with van der Waals surface area (Å²) >= 11 is 0. The first-order chi connectivity index (χ1) is 18.0. The zero-order valence-electron chi connectivity index (χ0n) is 19.9. The lowest BCUT2D eigenvalue weighted by Crippen LogP contribution is -2.59. The van der Waals surface area contributed by atoms with E-state index in [0.717, 1.165) is 0 Å². The monoisotopic (exact) mass is 507 g/mol. The Morgan fingerprint density at radius 3 is 2.49 bits per heavy atom. The van der Waals surface area contributed by atoms with Crippen LogP contribution in [0.3, 0.4) is 0 Å². The molecule has 2 fully saturated rings. The Morgan fingerprint density at radius 2 is 1.73 bits per heavy atom. The van der Waals surface area contributed by atoms with Crippen LogP contribution in [0.5, 0.6) is 11.5 Å². The van der Waals surface area contributed by atoms with Crippen molar-refractivity contribution in [3.63, 3.8) is 0 Å². The Labute approximate surface area is 211 Å². The van der Waals surface area contributed by atoms with Gasteiger partial charge in [0.2, 0.25) is 12.7 Å². The van der Waals surface area contributed by atoms with Crippen molar-refractivity contribution >= 4 is 17.7 Å².